The molecular weight excluding hydrogens is 352 g/mol. The molecule has 144 valence electrons. The van der Waals surface area contributed by atoms with Crippen molar-refractivity contribution in [2.75, 3.05) is 12.0 Å². The molecule has 3 N–H and O–H groups in total. The maximum absolute atomic E-state index is 13.3. The quantitative estimate of drug-likeness (QED) is 0.726. The standard InChI is InChI=1S/C22H24N4O2/c1-5-13-10-14(12-15(11-13)28-4)26-20(23)18(19(27)22(26,2)3)21-24-16-8-6-7-9-17(16)25-21/h6-12H,5,23H2,1-4H3,(H,24,25). The van der Waals surface area contributed by atoms with E-state index >= 15 is 0 Å². The molecular formula is C22H24N4O2. The third kappa shape index (κ3) is 2.64. The third-order valence-electron chi connectivity index (χ3n) is 5.32. The van der Waals surface area contributed by atoms with Gasteiger partial charge in [0.15, 0.2) is 5.78 Å². The van der Waals surface area contributed by atoms with Crippen LogP contribution in [0.25, 0.3) is 16.6 Å². The van der Waals surface area contributed by atoms with Crippen molar-refractivity contribution in [3.8, 4) is 5.75 Å². The van der Waals surface area contributed by atoms with Gasteiger partial charge in [-0.1, -0.05) is 19.1 Å². The summed E-state index contributed by atoms with van der Waals surface area (Å²) >= 11 is 0. The van der Waals surface area contributed by atoms with Crippen LogP contribution in [-0.2, 0) is 11.2 Å². The highest BCUT2D eigenvalue weighted by Gasteiger charge is 2.47. The van der Waals surface area contributed by atoms with E-state index in [2.05, 4.69) is 16.9 Å². The Kier molecular flexibility index (Phi) is 4.14. The van der Waals surface area contributed by atoms with Crippen molar-refractivity contribution in [1.82, 2.24) is 9.97 Å². The molecule has 0 radical (unpaired) electrons. The van der Waals surface area contributed by atoms with Crippen LogP contribution in [0.2, 0.25) is 0 Å². The minimum atomic E-state index is -0.838. The number of nitrogens with zero attached hydrogens (tertiary/aromatic N) is 2. The van der Waals surface area contributed by atoms with E-state index in [0.717, 1.165) is 34.5 Å². The molecule has 0 saturated heterocycles. The molecule has 1 aliphatic rings. The molecule has 28 heavy (non-hydrogen) atoms. The summed E-state index contributed by atoms with van der Waals surface area (Å²) in [6.07, 6.45) is 0.854. The maximum atomic E-state index is 13.3. The Bertz CT molecular complexity index is 1060. The molecule has 0 unspecified atom stereocenters. The van der Waals surface area contributed by atoms with Gasteiger partial charge in [0.1, 0.15) is 28.5 Å². The number of H-pyrrole nitrogens is 1. The number of nitrogens with two attached hydrogens (primary N) is 1. The Morgan fingerprint density at radius 3 is 2.64 bits per heavy atom. The Morgan fingerprint density at radius 1 is 1.21 bits per heavy atom. The van der Waals surface area contributed by atoms with Gasteiger partial charge in [-0.05, 0) is 50.1 Å². The first-order chi connectivity index (χ1) is 13.4. The lowest BCUT2D eigenvalue weighted by Gasteiger charge is -2.33. The number of aryl methyl sites for hydroxylation is 1. The maximum Gasteiger partial charge on any atom is 0.195 e. The number of fused-ring (bicyclic) bond motifs is 1. The fraction of sp³-hybridized carbons (Fsp3) is 0.273. The number of ketones is 1. The van der Waals surface area contributed by atoms with Crippen LogP contribution in [0.3, 0.4) is 0 Å². The number of anilines is 1. The van der Waals surface area contributed by atoms with Gasteiger partial charge in [0.25, 0.3) is 0 Å². The second-order valence-electron chi connectivity index (χ2n) is 7.48. The molecule has 0 bridgehead atoms. The third-order valence-corrected chi connectivity index (χ3v) is 5.32. The normalized spacial score (nSPS) is 16.3. The van der Waals surface area contributed by atoms with E-state index in [1.165, 1.54) is 0 Å². The van der Waals surface area contributed by atoms with E-state index in [-0.39, 0.29) is 5.78 Å². The average molecular weight is 376 g/mol. The summed E-state index contributed by atoms with van der Waals surface area (Å²) in [4.78, 5) is 23.0. The van der Waals surface area contributed by atoms with Crippen LogP contribution >= 0.6 is 0 Å². The van der Waals surface area contributed by atoms with E-state index in [9.17, 15) is 4.79 Å². The largest absolute Gasteiger partial charge is 0.497 e. The van der Waals surface area contributed by atoms with Crippen molar-refractivity contribution in [2.24, 2.45) is 5.73 Å². The number of Topliss-reactive ketones (excluding diaryl/α,β-unsaturated/α-hetero) is 1. The fourth-order valence-electron chi connectivity index (χ4n) is 3.79. The number of carbonyl (C=O) groups is 1. The van der Waals surface area contributed by atoms with Gasteiger partial charge in [0.05, 0.1) is 18.1 Å². The first kappa shape index (κ1) is 18.1. The zero-order valence-electron chi connectivity index (χ0n) is 16.5. The molecule has 4 rings (SSSR count). The summed E-state index contributed by atoms with van der Waals surface area (Å²) in [6.45, 7) is 5.84. The number of rotatable bonds is 4. The first-order valence-electron chi connectivity index (χ1n) is 9.34. The molecule has 0 amide bonds. The smallest absolute Gasteiger partial charge is 0.195 e. The van der Waals surface area contributed by atoms with E-state index < -0.39 is 5.54 Å². The molecule has 2 heterocycles. The average Bonchev–Trinajstić information content (AvgIpc) is 3.17. The summed E-state index contributed by atoms with van der Waals surface area (Å²) in [6, 6.07) is 13.6. The van der Waals surface area contributed by atoms with Gasteiger partial charge in [0, 0.05) is 11.8 Å². The van der Waals surface area contributed by atoms with Gasteiger partial charge in [-0.25, -0.2) is 4.98 Å². The lowest BCUT2D eigenvalue weighted by atomic mass is 9.95. The summed E-state index contributed by atoms with van der Waals surface area (Å²) < 4.78 is 5.45. The summed E-state index contributed by atoms with van der Waals surface area (Å²) in [7, 11) is 1.64. The molecule has 0 saturated carbocycles. The van der Waals surface area contributed by atoms with Crippen molar-refractivity contribution >= 4 is 28.1 Å². The van der Waals surface area contributed by atoms with E-state index in [0.29, 0.717) is 17.2 Å². The number of carbonyl (C=O) groups excluding carboxylic acids is 1. The zero-order chi connectivity index (χ0) is 20.1. The predicted octanol–water partition coefficient (Wildman–Crippen LogP) is 3.63. The van der Waals surface area contributed by atoms with Crippen molar-refractivity contribution in [3.63, 3.8) is 0 Å². The van der Waals surface area contributed by atoms with Crippen LogP contribution in [0, 0.1) is 0 Å². The minimum Gasteiger partial charge on any atom is -0.497 e. The van der Waals surface area contributed by atoms with Gasteiger partial charge < -0.3 is 20.4 Å². The Balaban J connectivity index is 1.89. The molecule has 0 spiro atoms. The predicted molar refractivity (Wildman–Crippen MR) is 111 cm³/mol. The molecule has 0 atom stereocenters. The van der Waals surface area contributed by atoms with E-state index in [4.69, 9.17) is 10.5 Å². The first-order valence-corrected chi connectivity index (χ1v) is 9.34. The Hall–Kier alpha value is -3.28. The van der Waals surface area contributed by atoms with Crippen LogP contribution in [0.4, 0.5) is 5.69 Å². The number of nitrogens with one attached hydrogen (secondary N) is 1. The Morgan fingerprint density at radius 2 is 1.96 bits per heavy atom. The number of aromatic nitrogens is 2. The van der Waals surface area contributed by atoms with Crippen molar-refractivity contribution in [2.45, 2.75) is 32.7 Å². The highest BCUT2D eigenvalue weighted by molar-refractivity contribution is 6.29. The van der Waals surface area contributed by atoms with Crippen LogP contribution in [0.5, 0.6) is 5.75 Å². The van der Waals surface area contributed by atoms with E-state index in [1.54, 1.807) is 7.11 Å². The van der Waals surface area contributed by atoms with Gasteiger partial charge in [-0.2, -0.15) is 0 Å². The lowest BCUT2D eigenvalue weighted by molar-refractivity contribution is -0.116. The SMILES string of the molecule is CCc1cc(OC)cc(N2C(N)=C(c3nc4ccccc4[nH]3)C(=O)C2(C)C)c1. The Labute approximate surface area is 164 Å². The number of hydrogen-bond acceptors (Lipinski definition) is 5. The van der Waals surface area contributed by atoms with Crippen LogP contribution in [-0.4, -0.2) is 28.4 Å². The molecule has 1 aliphatic heterocycles. The molecule has 3 aromatic rings. The number of benzene rings is 2. The van der Waals surface area contributed by atoms with Gasteiger partial charge in [-0.15, -0.1) is 0 Å². The van der Waals surface area contributed by atoms with Crippen molar-refractivity contribution in [3.05, 3.63) is 59.7 Å². The van der Waals surface area contributed by atoms with Gasteiger partial charge in [0.2, 0.25) is 0 Å². The van der Waals surface area contributed by atoms with E-state index in [1.807, 2.05) is 61.2 Å². The number of aromatic amines is 1. The molecule has 6 nitrogen and oxygen atoms in total. The van der Waals surface area contributed by atoms with Crippen molar-refractivity contribution < 1.29 is 9.53 Å². The molecule has 1 aromatic heterocycles. The second-order valence-corrected chi connectivity index (χ2v) is 7.48. The van der Waals surface area contributed by atoms with Crippen molar-refractivity contribution in [1.29, 1.82) is 0 Å². The number of imidazole rings is 1. The van der Waals surface area contributed by atoms with Crippen LogP contribution in [0.1, 0.15) is 32.2 Å². The fourth-order valence-corrected chi connectivity index (χ4v) is 3.79. The monoisotopic (exact) mass is 376 g/mol. The summed E-state index contributed by atoms with van der Waals surface area (Å²) in [5.41, 5.74) is 9.74. The number of methoxy groups -OCH3 is 1. The lowest BCUT2D eigenvalue weighted by Crippen LogP contribution is -2.45. The molecule has 2 aromatic carbocycles. The molecule has 0 fully saturated rings. The minimum absolute atomic E-state index is 0.0649. The number of hydrogen-bond donors (Lipinski definition) is 2. The van der Waals surface area contributed by atoms with Gasteiger partial charge in [-0.3, -0.25) is 4.79 Å². The highest BCUT2D eigenvalue weighted by atomic mass is 16.5. The zero-order valence-corrected chi connectivity index (χ0v) is 16.5. The van der Waals surface area contributed by atoms with Crippen LogP contribution < -0.4 is 15.4 Å². The topological polar surface area (TPSA) is 84.2 Å². The van der Waals surface area contributed by atoms with Gasteiger partial charge >= 0.3 is 0 Å². The molecule has 0 aliphatic carbocycles. The summed E-state index contributed by atoms with van der Waals surface area (Å²) in [5.74, 6) is 1.56. The molecule has 6 heteroatoms. The number of para-hydroxylation sites is 2. The second kappa shape index (κ2) is 6.41. The van der Waals surface area contributed by atoms with Crippen LogP contribution in [0.15, 0.2) is 48.3 Å². The highest BCUT2D eigenvalue weighted by Crippen LogP contribution is 2.41. The summed E-state index contributed by atoms with van der Waals surface area (Å²) in [5, 5.41) is 0. The number of ether oxygens (including phenoxy) is 1.